The van der Waals surface area contributed by atoms with Crippen LogP contribution in [0.2, 0.25) is 0 Å². The zero-order valence-electron chi connectivity index (χ0n) is 9.46. The van der Waals surface area contributed by atoms with Crippen LogP contribution in [0.5, 0.6) is 0 Å². The van der Waals surface area contributed by atoms with Crippen LogP contribution < -0.4 is 0 Å². The Morgan fingerprint density at radius 3 is 2.21 bits per heavy atom. The topological polar surface area (TPSA) is 44.8 Å². The standard InChI is InChI=1S/C10H20O4/c1-9(11)12-7-5-6-8-13-14-10(2,3)4/h5-8H2,1-4H3. The largest absolute Gasteiger partial charge is 0.466 e. The molecule has 0 fully saturated rings. The highest BCUT2D eigenvalue weighted by Gasteiger charge is 2.10. The zero-order chi connectivity index (χ0) is 11.0. The van der Waals surface area contributed by atoms with Crippen LogP contribution in [0.25, 0.3) is 0 Å². The third-order valence-corrected chi connectivity index (χ3v) is 1.24. The first-order valence-electron chi connectivity index (χ1n) is 4.86. The number of ether oxygens (including phenoxy) is 1. The van der Waals surface area contributed by atoms with Crippen LogP contribution in [0.3, 0.4) is 0 Å². The van der Waals surface area contributed by atoms with Gasteiger partial charge in [-0.3, -0.25) is 4.79 Å². The average molecular weight is 204 g/mol. The van der Waals surface area contributed by atoms with E-state index in [-0.39, 0.29) is 11.6 Å². The third-order valence-electron chi connectivity index (χ3n) is 1.24. The van der Waals surface area contributed by atoms with E-state index in [0.717, 1.165) is 12.8 Å². The summed E-state index contributed by atoms with van der Waals surface area (Å²) in [7, 11) is 0. The van der Waals surface area contributed by atoms with Gasteiger partial charge in [0.2, 0.25) is 0 Å². The van der Waals surface area contributed by atoms with Gasteiger partial charge in [0.15, 0.2) is 0 Å². The fraction of sp³-hybridized carbons (Fsp3) is 0.900. The first kappa shape index (κ1) is 13.4. The Labute approximate surface area is 85.5 Å². The van der Waals surface area contributed by atoms with Crippen LogP contribution in [0.4, 0.5) is 0 Å². The SMILES string of the molecule is CC(=O)OCCCCOOC(C)(C)C. The minimum absolute atomic E-state index is 0.239. The van der Waals surface area contributed by atoms with Crippen molar-refractivity contribution >= 4 is 5.97 Å². The van der Waals surface area contributed by atoms with Crippen molar-refractivity contribution in [2.75, 3.05) is 13.2 Å². The molecule has 0 aliphatic rings. The van der Waals surface area contributed by atoms with Crippen molar-refractivity contribution in [1.29, 1.82) is 0 Å². The molecule has 0 aromatic carbocycles. The van der Waals surface area contributed by atoms with Crippen LogP contribution in [-0.2, 0) is 19.3 Å². The van der Waals surface area contributed by atoms with Crippen molar-refractivity contribution in [3.63, 3.8) is 0 Å². The Balaban J connectivity index is 3.11. The highest BCUT2D eigenvalue weighted by atomic mass is 17.2. The van der Waals surface area contributed by atoms with Crippen molar-refractivity contribution in [3.05, 3.63) is 0 Å². The summed E-state index contributed by atoms with van der Waals surface area (Å²) in [4.78, 5) is 20.4. The molecule has 0 aromatic heterocycles. The van der Waals surface area contributed by atoms with E-state index in [9.17, 15) is 4.79 Å². The van der Waals surface area contributed by atoms with Crippen molar-refractivity contribution in [2.45, 2.75) is 46.1 Å². The molecule has 4 heteroatoms. The minimum atomic E-state index is -0.268. The summed E-state index contributed by atoms with van der Waals surface area (Å²) >= 11 is 0. The number of esters is 1. The molecule has 14 heavy (non-hydrogen) atoms. The van der Waals surface area contributed by atoms with E-state index < -0.39 is 0 Å². The van der Waals surface area contributed by atoms with Gasteiger partial charge in [-0.05, 0) is 33.6 Å². The monoisotopic (exact) mass is 204 g/mol. The molecule has 0 saturated carbocycles. The maximum absolute atomic E-state index is 10.4. The lowest BCUT2D eigenvalue weighted by molar-refractivity contribution is -0.348. The lowest BCUT2D eigenvalue weighted by Crippen LogP contribution is -2.19. The molecular formula is C10H20O4. The minimum Gasteiger partial charge on any atom is -0.466 e. The van der Waals surface area contributed by atoms with Gasteiger partial charge in [-0.25, -0.2) is 9.78 Å². The molecule has 0 aliphatic carbocycles. The Bertz CT molecular complexity index is 160. The van der Waals surface area contributed by atoms with Crippen LogP contribution >= 0.6 is 0 Å². The Kier molecular flexibility index (Phi) is 6.49. The first-order chi connectivity index (χ1) is 6.42. The normalized spacial score (nSPS) is 11.4. The summed E-state index contributed by atoms with van der Waals surface area (Å²) < 4.78 is 4.75. The smallest absolute Gasteiger partial charge is 0.302 e. The number of rotatable bonds is 6. The highest BCUT2D eigenvalue weighted by molar-refractivity contribution is 5.65. The van der Waals surface area contributed by atoms with Crippen molar-refractivity contribution in [3.8, 4) is 0 Å². The van der Waals surface area contributed by atoms with E-state index in [1.165, 1.54) is 6.92 Å². The average Bonchev–Trinajstić information content (AvgIpc) is 2.00. The molecule has 0 radical (unpaired) electrons. The van der Waals surface area contributed by atoms with Crippen molar-refractivity contribution < 1.29 is 19.3 Å². The Hall–Kier alpha value is -0.610. The van der Waals surface area contributed by atoms with E-state index in [1.807, 2.05) is 20.8 Å². The van der Waals surface area contributed by atoms with Gasteiger partial charge in [0.25, 0.3) is 0 Å². The second kappa shape index (κ2) is 6.79. The van der Waals surface area contributed by atoms with Crippen LogP contribution in [-0.4, -0.2) is 24.8 Å². The number of hydrogen-bond acceptors (Lipinski definition) is 4. The maximum Gasteiger partial charge on any atom is 0.302 e. The van der Waals surface area contributed by atoms with Gasteiger partial charge in [0.05, 0.1) is 18.8 Å². The molecule has 0 saturated heterocycles. The summed E-state index contributed by atoms with van der Waals surface area (Å²) in [5, 5.41) is 0. The van der Waals surface area contributed by atoms with Crippen LogP contribution in [0.1, 0.15) is 40.5 Å². The number of carbonyl (C=O) groups is 1. The predicted molar refractivity (Wildman–Crippen MR) is 52.7 cm³/mol. The fourth-order valence-corrected chi connectivity index (χ4v) is 0.697. The second-order valence-electron chi connectivity index (χ2n) is 4.06. The van der Waals surface area contributed by atoms with Crippen molar-refractivity contribution in [1.82, 2.24) is 0 Å². The second-order valence-corrected chi connectivity index (χ2v) is 4.06. The molecule has 0 rings (SSSR count). The lowest BCUT2D eigenvalue weighted by atomic mass is 10.2. The summed E-state index contributed by atoms with van der Waals surface area (Å²) in [6, 6.07) is 0. The lowest BCUT2D eigenvalue weighted by Gasteiger charge is -2.17. The van der Waals surface area contributed by atoms with Gasteiger partial charge in [-0.2, -0.15) is 0 Å². The van der Waals surface area contributed by atoms with Crippen LogP contribution in [0, 0.1) is 0 Å². The molecule has 0 amide bonds. The zero-order valence-corrected chi connectivity index (χ0v) is 9.46. The molecule has 0 heterocycles. The van der Waals surface area contributed by atoms with Gasteiger partial charge in [0, 0.05) is 6.92 Å². The van der Waals surface area contributed by atoms with Crippen molar-refractivity contribution in [2.24, 2.45) is 0 Å². The highest BCUT2D eigenvalue weighted by Crippen LogP contribution is 2.07. The molecule has 0 atom stereocenters. The Morgan fingerprint density at radius 2 is 1.71 bits per heavy atom. The van der Waals surface area contributed by atoms with Crippen LogP contribution in [0.15, 0.2) is 0 Å². The number of carbonyl (C=O) groups excluding carboxylic acids is 1. The van der Waals surface area contributed by atoms with E-state index in [1.54, 1.807) is 0 Å². The van der Waals surface area contributed by atoms with Gasteiger partial charge in [-0.1, -0.05) is 0 Å². The van der Waals surface area contributed by atoms with E-state index in [0.29, 0.717) is 13.2 Å². The van der Waals surface area contributed by atoms with Gasteiger partial charge >= 0.3 is 5.97 Å². The quantitative estimate of drug-likeness (QED) is 0.287. The molecular weight excluding hydrogens is 184 g/mol. The summed E-state index contributed by atoms with van der Waals surface area (Å²) in [5.41, 5.74) is -0.268. The fourth-order valence-electron chi connectivity index (χ4n) is 0.697. The van der Waals surface area contributed by atoms with Gasteiger partial charge < -0.3 is 4.74 Å². The molecule has 0 aliphatic heterocycles. The summed E-state index contributed by atoms with van der Waals surface area (Å²) in [6.07, 6.45) is 1.62. The number of unbranched alkanes of at least 4 members (excludes halogenated alkanes) is 1. The number of hydrogen-bond donors (Lipinski definition) is 0. The molecule has 0 aromatic rings. The van der Waals surface area contributed by atoms with Gasteiger partial charge in [-0.15, -0.1) is 0 Å². The van der Waals surface area contributed by atoms with E-state index in [4.69, 9.17) is 14.5 Å². The molecule has 4 nitrogen and oxygen atoms in total. The third kappa shape index (κ3) is 11.4. The molecule has 0 unspecified atom stereocenters. The summed E-state index contributed by atoms with van der Waals surface area (Å²) in [6.45, 7) is 8.15. The molecule has 0 spiro atoms. The Morgan fingerprint density at radius 1 is 1.14 bits per heavy atom. The predicted octanol–water partition coefficient (Wildman–Crippen LogP) is 2.08. The van der Waals surface area contributed by atoms with E-state index >= 15 is 0 Å². The molecule has 84 valence electrons. The molecule has 0 N–H and O–H groups in total. The van der Waals surface area contributed by atoms with E-state index in [2.05, 4.69) is 0 Å². The first-order valence-corrected chi connectivity index (χ1v) is 4.86. The van der Waals surface area contributed by atoms with Gasteiger partial charge in [0.1, 0.15) is 0 Å². The maximum atomic E-state index is 10.4. The molecule has 0 bridgehead atoms. The summed E-state index contributed by atoms with van der Waals surface area (Å²) in [5.74, 6) is -0.239.